The number of hydrogen-bond acceptors (Lipinski definition) is 6. The number of thiophene rings is 1. The number of ether oxygens (including phenoxy) is 1. The molecule has 32 heavy (non-hydrogen) atoms. The number of alkyl halides is 2. The Balaban J connectivity index is 1.24. The number of fused-ring (bicyclic) bond motifs is 3. The van der Waals surface area contributed by atoms with E-state index in [1.165, 1.54) is 22.6 Å². The summed E-state index contributed by atoms with van der Waals surface area (Å²) in [6, 6.07) is 6.24. The van der Waals surface area contributed by atoms with Gasteiger partial charge in [0.2, 0.25) is 5.91 Å². The van der Waals surface area contributed by atoms with Gasteiger partial charge in [0.05, 0.1) is 11.1 Å². The van der Waals surface area contributed by atoms with Crippen molar-refractivity contribution in [3.63, 3.8) is 0 Å². The van der Waals surface area contributed by atoms with Crippen LogP contribution < -0.4 is 10.3 Å². The number of nitrogens with zero attached hydrogens (tertiary/aromatic N) is 2. The number of carbonyl (C=O) groups is 1. The molecule has 170 valence electrons. The highest BCUT2D eigenvalue weighted by molar-refractivity contribution is 7.98. The van der Waals surface area contributed by atoms with E-state index < -0.39 is 6.61 Å². The van der Waals surface area contributed by atoms with Gasteiger partial charge < -0.3 is 14.6 Å². The molecule has 0 fully saturated rings. The van der Waals surface area contributed by atoms with Crippen LogP contribution in [0, 0.1) is 0 Å². The van der Waals surface area contributed by atoms with Gasteiger partial charge >= 0.3 is 6.61 Å². The van der Waals surface area contributed by atoms with Crippen molar-refractivity contribution in [3.05, 3.63) is 56.4 Å². The van der Waals surface area contributed by atoms with E-state index in [1.807, 2.05) is 0 Å². The Labute approximate surface area is 192 Å². The average Bonchev–Trinajstić information content (AvgIpc) is 3.33. The van der Waals surface area contributed by atoms with E-state index in [0.717, 1.165) is 35.0 Å². The largest absolute Gasteiger partial charge is 0.435 e. The van der Waals surface area contributed by atoms with Crippen molar-refractivity contribution in [1.82, 2.24) is 14.9 Å². The fourth-order valence-corrected chi connectivity index (χ4v) is 5.85. The SMILES string of the molecule is CN(Cc1ccc(OC(F)F)cc1)C(=O)CCSCc1nc2sc3c(c2c(=O)[nH]1)CCC3. The van der Waals surface area contributed by atoms with Crippen molar-refractivity contribution in [2.45, 2.75) is 44.6 Å². The van der Waals surface area contributed by atoms with Crippen molar-refractivity contribution in [3.8, 4) is 5.75 Å². The summed E-state index contributed by atoms with van der Waals surface area (Å²) in [5.41, 5.74) is 1.93. The minimum absolute atomic E-state index is 0.0167. The van der Waals surface area contributed by atoms with E-state index in [4.69, 9.17) is 0 Å². The van der Waals surface area contributed by atoms with Gasteiger partial charge in [0.1, 0.15) is 16.4 Å². The first-order valence-corrected chi connectivity index (χ1v) is 12.3. The predicted molar refractivity (Wildman–Crippen MR) is 123 cm³/mol. The van der Waals surface area contributed by atoms with E-state index in [2.05, 4.69) is 14.7 Å². The highest BCUT2D eigenvalue weighted by Crippen LogP contribution is 2.34. The normalized spacial score (nSPS) is 13.0. The molecule has 0 bridgehead atoms. The standard InChI is InChI=1S/C22H23F2N3O3S2/c1-27(11-13-5-7-14(8-6-13)30-22(23)24)18(28)9-10-31-12-17-25-20(29)19-15-3-2-4-16(15)32-21(19)26-17/h5-8,22H,2-4,9-12H2,1H3,(H,25,26,29). The predicted octanol–water partition coefficient (Wildman–Crippen LogP) is 4.36. The molecular weight excluding hydrogens is 456 g/mol. The molecule has 4 rings (SSSR count). The summed E-state index contributed by atoms with van der Waals surface area (Å²) in [5.74, 6) is 1.85. The maximum Gasteiger partial charge on any atom is 0.387 e. The molecule has 0 atom stereocenters. The van der Waals surface area contributed by atoms with Gasteiger partial charge in [0.15, 0.2) is 0 Å². The number of hydrogen-bond donors (Lipinski definition) is 1. The summed E-state index contributed by atoms with van der Waals surface area (Å²) in [4.78, 5) is 36.1. The van der Waals surface area contributed by atoms with Gasteiger partial charge in [-0.1, -0.05) is 12.1 Å². The molecule has 1 aromatic carbocycles. The number of aryl methyl sites for hydroxylation is 2. The molecule has 0 saturated carbocycles. The van der Waals surface area contributed by atoms with Gasteiger partial charge in [-0.3, -0.25) is 9.59 Å². The fourth-order valence-electron chi connectivity index (χ4n) is 3.77. The van der Waals surface area contributed by atoms with Gasteiger partial charge in [0.25, 0.3) is 5.56 Å². The number of thioether (sulfide) groups is 1. The molecular formula is C22H23F2N3O3S2. The van der Waals surface area contributed by atoms with Crippen LogP contribution in [0.4, 0.5) is 8.78 Å². The zero-order valence-corrected chi connectivity index (χ0v) is 19.2. The number of amides is 1. The summed E-state index contributed by atoms with van der Waals surface area (Å²) in [5, 5.41) is 0.752. The van der Waals surface area contributed by atoms with Gasteiger partial charge in [-0.05, 0) is 42.5 Å². The third-order valence-electron chi connectivity index (χ3n) is 5.32. The van der Waals surface area contributed by atoms with Gasteiger partial charge in [-0.2, -0.15) is 20.5 Å². The van der Waals surface area contributed by atoms with E-state index in [1.54, 1.807) is 47.2 Å². The molecule has 0 aliphatic heterocycles. The lowest BCUT2D eigenvalue weighted by atomic mass is 10.2. The Morgan fingerprint density at radius 1 is 1.31 bits per heavy atom. The number of rotatable bonds is 9. The van der Waals surface area contributed by atoms with Crippen LogP contribution in [0.3, 0.4) is 0 Å². The van der Waals surface area contributed by atoms with Crippen LogP contribution in [0.1, 0.15) is 34.7 Å². The Kier molecular flexibility index (Phi) is 7.10. The second kappa shape index (κ2) is 9.99. The number of nitrogens with one attached hydrogen (secondary N) is 1. The maximum atomic E-state index is 12.5. The summed E-state index contributed by atoms with van der Waals surface area (Å²) < 4.78 is 28.8. The smallest absolute Gasteiger partial charge is 0.387 e. The zero-order chi connectivity index (χ0) is 22.7. The number of halogens is 2. The molecule has 6 nitrogen and oxygen atoms in total. The number of benzene rings is 1. The van der Waals surface area contributed by atoms with Crippen LogP contribution in [0.2, 0.25) is 0 Å². The van der Waals surface area contributed by atoms with Crippen molar-refractivity contribution >= 4 is 39.2 Å². The van der Waals surface area contributed by atoms with Crippen LogP contribution in [0.25, 0.3) is 10.2 Å². The van der Waals surface area contributed by atoms with Crippen LogP contribution >= 0.6 is 23.1 Å². The molecule has 0 spiro atoms. The average molecular weight is 480 g/mol. The quantitative estimate of drug-likeness (QED) is 0.462. The summed E-state index contributed by atoms with van der Waals surface area (Å²) >= 11 is 3.17. The number of H-pyrrole nitrogens is 1. The minimum atomic E-state index is -2.86. The minimum Gasteiger partial charge on any atom is -0.435 e. The van der Waals surface area contributed by atoms with Gasteiger partial charge in [0, 0.05) is 30.6 Å². The van der Waals surface area contributed by atoms with Crippen LogP contribution in [-0.4, -0.2) is 40.2 Å². The second-order valence-corrected chi connectivity index (χ2v) is 9.81. The molecule has 1 aliphatic carbocycles. The highest BCUT2D eigenvalue weighted by Gasteiger charge is 2.21. The Morgan fingerprint density at radius 2 is 2.09 bits per heavy atom. The molecule has 2 heterocycles. The highest BCUT2D eigenvalue weighted by atomic mass is 32.2. The molecule has 10 heteroatoms. The van der Waals surface area contributed by atoms with Crippen LogP contribution in [0.5, 0.6) is 5.75 Å². The lowest BCUT2D eigenvalue weighted by Crippen LogP contribution is -2.26. The molecule has 0 unspecified atom stereocenters. The second-order valence-electron chi connectivity index (χ2n) is 7.62. The van der Waals surface area contributed by atoms with E-state index in [9.17, 15) is 18.4 Å². The first-order chi connectivity index (χ1) is 15.4. The Bertz CT molecular complexity index is 1160. The lowest BCUT2D eigenvalue weighted by Gasteiger charge is -2.17. The number of aromatic nitrogens is 2. The topological polar surface area (TPSA) is 75.3 Å². The fraction of sp³-hybridized carbons (Fsp3) is 0.409. The lowest BCUT2D eigenvalue weighted by molar-refractivity contribution is -0.129. The Morgan fingerprint density at radius 3 is 2.84 bits per heavy atom. The first kappa shape index (κ1) is 22.7. The van der Waals surface area contributed by atoms with Crippen molar-refractivity contribution in [2.24, 2.45) is 0 Å². The maximum absolute atomic E-state index is 12.5. The van der Waals surface area contributed by atoms with Gasteiger partial charge in [-0.25, -0.2) is 4.98 Å². The van der Waals surface area contributed by atoms with E-state index >= 15 is 0 Å². The summed E-state index contributed by atoms with van der Waals surface area (Å²) in [6.07, 6.45) is 3.45. The summed E-state index contributed by atoms with van der Waals surface area (Å²) in [7, 11) is 1.71. The number of aromatic amines is 1. The van der Waals surface area contributed by atoms with E-state index in [-0.39, 0.29) is 17.2 Å². The van der Waals surface area contributed by atoms with Crippen molar-refractivity contribution in [1.29, 1.82) is 0 Å². The third-order valence-corrected chi connectivity index (χ3v) is 7.47. The first-order valence-electron chi connectivity index (χ1n) is 10.3. The molecule has 0 radical (unpaired) electrons. The van der Waals surface area contributed by atoms with Crippen LogP contribution in [0.15, 0.2) is 29.1 Å². The Hall–Kier alpha value is -2.46. The third kappa shape index (κ3) is 5.29. The molecule has 1 amide bonds. The summed E-state index contributed by atoms with van der Waals surface area (Å²) in [6.45, 7) is -2.48. The molecule has 0 saturated heterocycles. The molecule has 1 N–H and O–H groups in total. The molecule has 1 aliphatic rings. The molecule has 3 aromatic rings. The van der Waals surface area contributed by atoms with E-state index in [0.29, 0.717) is 30.3 Å². The number of carbonyl (C=O) groups excluding carboxylic acids is 1. The van der Waals surface area contributed by atoms with Crippen LogP contribution in [-0.2, 0) is 29.9 Å². The van der Waals surface area contributed by atoms with Crippen molar-refractivity contribution in [2.75, 3.05) is 12.8 Å². The monoisotopic (exact) mass is 479 g/mol. The van der Waals surface area contributed by atoms with Gasteiger partial charge in [-0.15, -0.1) is 11.3 Å². The molecule has 2 aromatic heterocycles. The van der Waals surface area contributed by atoms with Crippen molar-refractivity contribution < 1.29 is 18.3 Å². The zero-order valence-electron chi connectivity index (χ0n) is 17.5.